The van der Waals surface area contributed by atoms with Gasteiger partial charge in [0.25, 0.3) is 0 Å². The molecule has 0 radical (unpaired) electrons. The Labute approximate surface area is 115 Å². The topological polar surface area (TPSA) is 55.8 Å². The molecule has 0 amide bonds. The van der Waals surface area contributed by atoms with E-state index in [4.69, 9.17) is 9.05 Å². The predicted octanol–water partition coefficient (Wildman–Crippen LogP) is 3.73. The Morgan fingerprint density at radius 2 is 1.68 bits per heavy atom. The van der Waals surface area contributed by atoms with Crippen LogP contribution in [0.3, 0.4) is 0 Å². The first-order valence-corrected chi connectivity index (χ1v) is 8.02. The monoisotopic (exact) mass is 286 g/mol. The van der Waals surface area contributed by atoms with Crippen LogP contribution in [0.4, 0.5) is 0 Å². The minimum atomic E-state index is -3.62. The minimum Gasteiger partial charge on any atom is -0.373 e. The lowest BCUT2D eigenvalue weighted by Crippen LogP contribution is -2.24. The first kappa shape index (κ1) is 16.4. The van der Waals surface area contributed by atoms with E-state index in [-0.39, 0.29) is 13.2 Å². The first-order valence-electron chi connectivity index (χ1n) is 6.47. The molecule has 0 saturated heterocycles. The van der Waals surface area contributed by atoms with Crippen LogP contribution in [0.1, 0.15) is 37.5 Å². The minimum absolute atomic E-state index is 0.221. The highest BCUT2D eigenvalue weighted by molar-refractivity contribution is 7.54. The Morgan fingerprint density at radius 1 is 1.16 bits per heavy atom. The standard InChI is InChI=1S/C14H23O4P/c1-6-17-19(16,18-7-2)14(5,15)13-9-8-11(3)12(4)10-13/h8-10,15H,6-7H2,1-5H3/t14-/m1/s1. The number of hydrogen-bond donors (Lipinski definition) is 1. The van der Waals surface area contributed by atoms with Crippen molar-refractivity contribution in [2.24, 2.45) is 0 Å². The fourth-order valence-corrected chi connectivity index (χ4v) is 3.54. The molecule has 4 nitrogen and oxygen atoms in total. The molecule has 0 bridgehead atoms. The average molecular weight is 286 g/mol. The third-order valence-electron chi connectivity index (χ3n) is 3.19. The molecule has 1 aromatic rings. The van der Waals surface area contributed by atoms with Crippen molar-refractivity contribution in [2.45, 2.75) is 40.0 Å². The summed E-state index contributed by atoms with van der Waals surface area (Å²) in [5.41, 5.74) is 2.68. The fourth-order valence-electron chi connectivity index (χ4n) is 1.82. The normalized spacial score (nSPS) is 15.3. The lowest BCUT2D eigenvalue weighted by molar-refractivity contribution is 0.0802. The number of rotatable bonds is 6. The Bertz CT molecular complexity index is 472. The average Bonchev–Trinajstić information content (AvgIpc) is 2.33. The Balaban J connectivity index is 3.25. The maximum absolute atomic E-state index is 12.7. The summed E-state index contributed by atoms with van der Waals surface area (Å²) in [7, 11) is -3.62. The van der Waals surface area contributed by atoms with Gasteiger partial charge < -0.3 is 14.2 Å². The molecule has 1 atom stereocenters. The summed E-state index contributed by atoms with van der Waals surface area (Å²) >= 11 is 0. The molecule has 108 valence electrons. The second kappa shape index (κ2) is 6.19. The van der Waals surface area contributed by atoms with Crippen molar-refractivity contribution in [3.8, 4) is 0 Å². The number of benzene rings is 1. The van der Waals surface area contributed by atoms with E-state index in [2.05, 4.69) is 0 Å². The van der Waals surface area contributed by atoms with E-state index in [0.717, 1.165) is 11.1 Å². The van der Waals surface area contributed by atoms with Crippen LogP contribution >= 0.6 is 7.60 Å². The van der Waals surface area contributed by atoms with Gasteiger partial charge in [-0.2, -0.15) is 0 Å². The van der Waals surface area contributed by atoms with Crippen LogP contribution in [0.2, 0.25) is 0 Å². The quantitative estimate of drug-likeness (QED) is 0.809. The molecular weight excluding hydrogens is 263 g/mol. The molecule has 5 heteroatoms. The van der Waals surface area contributed by atoms with Gasteiger partial charge in [-0.3, -0.25) is 4.57 Å². The van der Waals surface area contributed by atoms with E-state index in [9.17, 15) is 9.67 Å². The molecule has 0 heterocycles. The van der Waals surface area contributed by atoms with Gasteiger partial charge in [0.2, 0.25) is 0 Å². The summed E-state index contributed by atoms with van der Waals surface area (Å²) in [5, 5.41) is 9.01. The molecule has 1 rings (SSSR count). The second-order valence-corrected chi connectivity index (χ2v) is 7.04. The predicted molar refractivity (Wildman–Crippen MR) is 76.3 cm³/mol. The van der Waals surface area contributed by atoms with Crippen LogP contribution in [-0.2, 0) is 19.0 Å². The van der Waals surface area contributed by atoms with E-state index in [1.54, 1.807) is 19.9 Å². The van der Waals surface area contributed by atoms with Crippen LogP contribution in [0.5, 0.6) is 0 Å². The largest absolute Gasteiger partial charge is 0.373 e. The van der Waals surface area contributed by atoms with Crippen LogP contribution in [-0.4, -0.2) is 18.3 Å². The van der Waals surface area contributed by atoms with E-state index < -0.39 is 12.9 Å². The summed E-state index contributed by atoms with van der Waals surface area (Å²) < 4.78 is 23.2. The maximum atomic E-state index is 12.7. The molecule has 1 aromatic carbocycles. The molecular formula is C14H23O4P. The third kappa shape index (κ3) is 3.26. The molecule has 0 aromatic heterocycles. The van der Waals surface area contributed by atoms with Gasteiger partial charge in [-0.15, -0.1) is 0 Å². The fraction of sp³-hybridized carbons (Fsp3) is 0.571. The smallest absolute Gasteiger partial charge is 0.366 e. The van der Waals surface area contributed by atoms with Crippen LogP contribution in [0.25, 0.3) is 0 Å². The highest BCUT2D eigenvalue weighted by Gasteiger charge is 2.47. The van der Waals surface area contributed by atoms with Crippen molar-refractivity contribution in [2.75, 3.05) is 13.2 Å². The zero-order chi connectivity index (χ0) is 14.7. The zero-order valence-electron chi connectivity index (χ0n) is 12.3. The zero-order valence-corrected chi connectivity index (χ0v) is 13.2. The highest BCUT2D eigenvalue weighted by Crippen LogP contribution is 2.63. The third-order valence-corrected chi connectivity index (χ3v) is 5.71. The molecule has 0 aliphatic heterocycles. The molecule has 1 N–H and O–H groups in total. The second-order valence-electron chi connectivity index (χ2n) is 4.65. The maximum Gasteiger partial charge on any atom is 0.366 e. The Morgan fingerprint density at radius 3 is 2.11 bits per heavy atom. The van der Waals surface area contributed by atoms with Gasteiger partial charge in [0.15, 0.2) is 5.34 Å². The van der Waals surface area contributed by atoms with Crippen LogP contribution in [0.15, 0.2) is 18.2 Å². The van der Waals surface area contributed by atoms with Crippen molar-refractivity contribution in [1.29, 1.82) is 0 Å². The molecule has 0 spiro atoms. The van der Waals surface area contributed by atoms with Gasteiger partial charge in [0.1, 0.15) is 0 Å². The van der Waals surface area contributed by atoms with E-state index in [1.165, 1.54) is 6.92 Å². The molecule has 0 aliphatic rings. The van der Waals surface area contributed by atoms with E-state index in [0.29, 0.717) is 5.56 Å². The molecule has 0 unspecified atom stereocenters. The highest BCUT2D eigenvalue weighted by atomic mass is 31.2. The van der Waals surface area contributed by atoms with Gasteiger partial charge >= 0.3 is 7.60 Å². The van der Waals surface area contributed by atoms with E-state index in [1.807, 2.05) is 26.0 Å². The van der Waals surface area contributed by atoms with Crippen molar-refractivity contribution in [1.82, 2.24) is 0 Å². The summed E-state index contributed by atoms with van der Waals surface area (Å²) in [4.78, 5) is 0. The summed E-state index contributed by atoms with van der Waals surface area (Å²) in [6, 6.07) is 5.47. The molecule has 19 heavy (non-hydrogen) atoms. The van der Waals surface area contributed by atoms with Crippen molar-refractivity contribution < 1.29 is 18.7 Å². The van der Waals surface area contributed by atoms with Crippen molar-refractivity contribution >= 4 is 7.60 Å². The van der Waals surface area contributed by atoms with Crippen LogP contribution < -0.4 is 0 Å². The molecule has 0 fully saturated rings. The number of aliphatic hydroxyl groups is 1. The summed E-state index contributed by atoms with van der Waals surface area (Å²) in [6.45, 7) is 9.30. The van der Waals surface area contributed by atoms with Gasteiger partial charge in [-0.05, 0) is 51.3 Å². The van der Waals surface area contributed by atoms with E-state index >= 15 is 0 Å². The molecule has 0 saturated carbocycles. The Kier molecular flexibility index (Phi) is 5.34. The lowest BCUT2D eigenvalue weighted by Gasteiger charge is -2.32. The van der Waals surface area contributed by atoms with Crippen LogP contribution in [0, 0.1) is 13.8 Å². The SMILES string of the molecule is CCOP(=O)(OCC)[C@@](C)(O)c1ccc(C)c(C)c1. The Hall–Kier alpha value is -0.670. The van der Waals surface area contributed by atoms with Crippen molar-refractivity contribution in [3.63, 3.8) is 0 Å². The molecule has 0 aliphatic carbocycles. The summed E-state index contributed by atoms with van der Waals surface area (Å²) in [6.07, 6.45) is 0. The summed E-state index contributed by atoms with van der Waals surface area (Å²) in [5.74, 6) is 0. The van der Waals surface area contributed by atoms with Gasteiger partial charge in [-0.1, -0.05) is 18.2 Å². The lowest BCUT2D eigenvalue weighted by atomic mass is 10.0. The first-order chi connectivity index (χ1) is 8.78. The van der Waals surface area contributed by atoms with Gasteiger partial charge in [-0.25, -0.2) is 0 Å². The van der Waals surface area contributed by atoms with Crippen molar-refractivity contribution in [3.05, 3.63) is 34.9 Å². The van der Waals surface area contributed by atoms with Gasteiger partial charge in [0, 0.05) is 0 Å². The number of aryl methyl sites for hydroxylation is 2. The number of hydrogen-bond acceptors (Lipinski definition) is 4. The van der Waals surface area contributed by atoms with Gasteiger partial charge in [0.05, 0.1) is 13.2 Å².